The minimum Gasteiger partial charge on any atom is -0.505 e. The van der Waals surface area contributed by atoms with E-state index in [4.69, 9.17) is 9.97 Å². The summed E-state index contributed by atoms with van der Waals surface area (Å²) in [6, 6.07) is 36.1. The molecule has 0 saturated carbocycles. The molecule has 0 spiro atoms. The average Bonchev–Trinajstić information content (AvgIpc) is 3.04. The third kappa shape index (κ3) is 5.17. The zero-order valence-electron chi connectivity index (χ0n) is 28.7. The third-order valence-corrected chi connectivity index (χ3v) is 9.71. The van der Waals surface area contributed by atoms with E-state index < -0.39 is 0 Å². The van der Waals surface area contributed by atoms with Crippen LogP contribution >= 0.6 is 0 Å². The van der Waals surface area contributed by atoms with E-state index >= 15 is 0 Å². The highest BCUT2D eigenvalue weighted by Crippen LogP contribution is 2.52. The Labute approximate surface area is 278 Å². The van der Waals surface area contributed by atoms with Crippen molar-refractivity contribution in [1.29, 1.82) is 0 Å². The Morgan fingerprint density at radius 3 is 2.09 bits per heavy atom. The second kappa shape index (κ2) is 10.8. The molecule has 0 unspecified atom stereocenters. The first-order valence-electron chi connectivity index (χ1n) is 16.5. The van der Waals surface area contributed by atoms with Crippen molar-refractivity contribution < 1.29 is 5.11 Å². The van der Waals surface area contributed by atoms with Crippen LogP contribution < -0.4 is 4.90 Å². The van der Waals surface area contributed by atoms with Gasteiger partial charge in [-0.15, -0.1) is 0 Å². The predicted molar refractivity (Wildman–Crippen MR) is 196 cm³/mol. The molecule has 0 saturated heterocycles. The number of pyridine rings is 2. The zero-order valence-corrected chi connectivity index (χ0v) is 28.7. The largest absolute Gasteiger partial charge is 0.505 e. The Balaban J connectivity index is 1.45. The van der Waals surface area contributed by atoms with E-state index in [2.05, 4.69) is 133 Å². The normalized spacial score (nSPS) is 14.2. The van der Waals surface area contributed by atoms with Crippen LogP contribution in [0.15, 0.2) is 109 Å². The number of aromatic nitrogens is 2. The molecule has 0 fully saturated rings. The van der Waals surface area contributed by atoms with Crippen molar-refractivity contribution in [3.05, 3.63) is 132 Å². The van der Waals surface area contributed by atoms with Crippen molar-refractivity contribution >= 4 is 28.1 Å². The molecule has 2 aromatic heterocycles. The van der Waals surface area contributed by atoms with Crippen LogP contribution in [0.2, 0.25) is 0 Å². The molecule has 236 valence electrons. The molecule has 0 aliphatic carbocycles. The highest BCUT2D eigenvalue weighted by atomic mass is 16.3. The summed E-state index contributed by atoms with van der Waals surface area (Å²) in [7, 11) is 0. The predicted octanol–water partition coefficient (Wildman–Crippen LogP) is 11.4. The van der Waals surface area contributed by atoms with Crippen molar-refractivity contribution in [2.75, 3.05) is 4.90 Å². The van der Waals surface area contributed by atoms with E-state index in [1.165, 1.54) is 16.7 Å². The topological polar surface area (TPSA) is 49.2 Å². The van der Waals surface area contributed by atoms with Crippen LogP contribution in [0.3, 0.4) is 0 Å². The molecule has 0 atom stereocenters. The number of hydrogen-bond acceptors (Lipinski definition) is 4. The van der Waals surface area contributed by atoms with Crippen LogP contribution in [0.4, 0.5) is 17.2 Å². The Bertz CT molecular complexity index is 2150. The standard InChI is InChI=1S/C43H43N3O/c1-41(2,3)29-22-23-44-38(25-29)46-36-17-13-12-16-32(36)43(7,8)33-20-18-28(24-37(33)46)35-21-19-30-34(42(4,5)6)26-31(40(47)39(30)45-35)27-14-10-9-11-15-27/h9-26,47H,1-8H3. The smallest absolute Gasteiger partial charge is 0.149 e. The van der Waals surface area contributed by atoms with Gasteiger partial charge in [0.15, 0.2) is 0 Å². The number of fused-ring (bicyclic) bond motifs is 3. The van der Waals surface area contributed by atoms with Crippen LogP contribution in [0.5, 0.6) is 5.75 Å². The van der Waals surface area contributed by atoms with Gasteiger partial charge < -0.3 is 5.11 Å². The van der Waals surface area contributed by atoms with Crippen LogP contribution in [0, 0.1) is 0 Å². The highest BCUT2D eigenvalue weighted by molar-refractivity contribution is 5.97. The first-order valence-corrected chi connectivity index (χ1v) is 16.5. The van der Waals surface area contributed by atoms with Gasteiger partial charge in [-0.3, -0.25) is 4.90 Å². The van der Waals surface area contributed by atoms with Gasteiger partial charge in [0.25, 0.3) is 0 Å². The summed E-state index contributed by atoms with van der Waals surface area (Å²) in [6.07, 6.45) is 1.92. The summed E-state index contributed by atoms with van der Waals surface area (Å²) in [5, 5.41) is 12.7. The molecule has 6 aromatic rings. The summed E-state index contributed by atoms with van der Waals surface area (Å²) in [5.74, 6) is 1.10. The second-order valence-corrected chi connectivity index (χ2v) is 15.4. The number of anilines is 3. The van der Waals surface area contributed by atoms with Gasteiger partial charge in [-0.1, -0.05) is 122 Å². The van der Waals surface area contributed by atoms with Gasteiger partial charge >= 0.3 is 0 Å². The Kier molecular flexibility index (Phi) is 7.05. The Morgan fingerprint density at radius 2 is 1.36 bits per heavy atom. The van der Waals surface area contributed by atoms with Crippen LogP contribution in [0.25, 0.3) is 33.3 Å². The molecule has 3 heterocycles. The van der Waals surface area contributed by atoms with E-state index in [-0.39, 0.29) is 22.0 Å². The van der Waals surface area contributed by atoms with Crippen molar-refractivity contribution in [2.45, 2.75) is 71.6 Å². The molecule has 1 aliphatic rings. The molecule has 4 aromatic carbocycles. The molecule has 47 heavy (non-hydrogen) atoms. The lowest BCUT2D eigenvalue weighted by Crippen LogP contribution is -2.31. The van der Waals surface area contributed by atoms with Crippen LogP contribution in [-0.2, 0) is 16.2 Å². The summed E-state index contributed by atoms with van der Waals surface area (Å²) in [5.41, 5.74) is 10.9. The van der Waals surface area contributed by atoms with Gasteiger partial charge in [0, 0.05) is 28.1 Å². The number of aromatic hydroxyl groups is 1. The molecule has 4 heteroatoms. The van der Waals surface area contributed by atoms with Crippen molar-refractivity contribution in [1.82, 2.24) is 9.97 Å². The minimum absolute atomic E-state index is 0.0154. The first kappa shape index (κ1) is 30.7. The number of nitrogens with zero attached hydrogens (tertiary/aromatic N) is 3. The number of rotatable bonds is 3. The molecule has 1 N–H and O–H groups in total. The summed E-state index contributed by atoms with van der Waals surface area (Å²) < 4.78 is 0. The molecule has 4 nitrogen and oxygen atoms in total. The molecule has 0 bridgehead atoms. The molecule has 7 rings (SSSR count). The monoisotopic (exact) mass is 617 g/mol. The average molecular weight is 618 g/mol. The fourth-order valence-electron chi connectivity index (χ4n) is 7.02. The molecular formula is C43H43N3O. The van der Waals surface area contributed by atoms with E-state index in [9.17, 15) is 5.11 Å². The van der Waals surface area contributed by atoms with E-state index in [0.29, 0.717) is 5.52 Å². The molecular weight excluding hydrogens is 574 g/mol. The van der Waals surface area contributed by atoms with Crippen molar-refractivity contribution in [3.63, 3.8) is 0 Å². The number of phenols is 1. The fourth-order valence-corrected chi connectivity index (χ4v) is 7.02. The SMILES string of the molecule is CC(C)(C)c1ccnc(N2c3ccccc3C(C)(C)c3ccc(-c4ccc5c(C(C)(C)C)cc(-c6ccccc6)c(O)c5n4)cc32)c1. The van der Waals surface area contributed by atoms with E-state index in [0.717, 1.165) is 50.5 Å². The highest BCUT2D eigenvalue weighted by Gasteiger charge is 2.37. The maximum Gasteiger partial charge on any atom is 0.149 e. The van der Waals surface area contributed by atoms with Crippen LogP contribution in [0.1, 0.15) is 77.6 Å². The number of para-hydroxylation sites is 1. The lowest BCUT2D eigenvalue weighted by Gasteiger charge is -2.42. The van der Waals surface area contributed by atoms with Crippen molar-refractivity contribution in [2.24, 2.45) is 0 Å². The van der Waals surface area contributed by atoms with Gasteiger partial charge in [-0.05, 0) is 75.0 Å². The van der Waals surface area contributed by atoms with Gasteiger partial charge in [0.05, 0.1) is 17.1 Å². The summed E-state index contributed by atoms with van der Waals surface area (Å²) in [6.45, 7) is 17.9. The second-order valence-electron chi connectivity index (χ2n) is 15.4. The zero-order chi connectivity index (χ0) is 33.3. The van der Waals surface area contributed by atoms with Gasteiger partial charge in [0.1, 0.15) is 17.1 Å². The third-order valence-electron chi connectivity index (χ3n) is 9.71. The molecule has 1 aliphatic heterocycles. The first-order chi connectivity index (χ1) is 22.2. The number of phenolic OH excluding ortho intramolecular Hbond substituents is 1. The lowest BCUT2D eigenvalue weighted by molar-refractivity contribution is 0.481. The maximum atomic E-state index is 11.7. The number of hydrogen-bond donors (Lipinski definition) is 1. The molecule has 0 amide bonds. The summed E-state index contributed by atoms with van der Waals surface area (Å²) in [4.78, 5) is 12.4. The Morgan fingerprint density at radius 1 is 0.660 bits per heavy atom. The van der Waals surface area contributed by atoms with E-state index in [1.54, 1.807) is 0 Å². The maximum absolute atomic E-state index is 11.7. The Hall–Kier alpha value is -4.96. The van der Waals surface area contributed by atoms with Crippen LogP contribution in [-0.4, -0.2) is 15.1 Å². The van der Waals surface area contributed by atoms with Gasteiger partial charge in [-0.25, -0.2) is 9.97 Å². The molecule has 0 radical (unpaired) electrons. The quantitative estimate of drug-likeness (QED) is 0.215. The van der Waals surface area contributed by atoms with Gasteiger partial charge in [-0.2, -0.15) is 0 Å². The number of benzene rings is 4. The van der Waals surface area contributed by atoms with Gasteiger partial charge in [0.2, 0.25) is 0 Å². The minimum atomic E-state index is -0.218. The fraction of sp³-hybridized carbons (Fsp3) is 0.256. The summed E-state index contributed by atoms with van der Waals surface area (Å²) >= 11 is 0. The lowest BCUT2D eigenvalue weighted by atomic mass is 9.73. The van der Waals surface area contributed by atoms with E-state index in [1.807, 2.05) is 36.5 Å². The van der Waals surface area contributed by atoms with Crippen molar-refractivity contribution in [3.8, 4) is 28.1 Å².